The summed E-state index contributed by atoms with van der Waals surface area (Å²) < 4.78 is 0. The van der Waals surface area contributed by atoms with Crippen LogP contribution >= 0.6 is 0 Å². The molecule has 3 aliphatic rings. The quantitative estimate of drug-likeness (QED) is 0.854. The van der Waals surface area contributed by atoms with Gasteiger partial charge in [0.2, 0.25) is 5.91 Å². The van der Waals surface area contributed by atoms with Gasteiger partial charge in [0.1, 0.15) is 0 Å². The molecule has 4 rings (SSSR count). The Balaban J connectivity index is 1.29. The highest BCUT2D eigenvalue weighted by molar-refractivity contribution is 5.77. The van der Waals surface area contributed by atoms with Crippen molar-refractivity contribution in [1.29, 1.82) is 0 Å². The molecule has 0 bridgehead atoms. The van der Waals surface area contributed by atoms with Crippen LogP contribution in [0.4, 0.5) is 0 Å². The highest BCUT2D eigenvalue weighted by atomic mass is 16.2. The van der Waals surface area contributed by atoms with Gasteiger partial charge in [0.25, 0.3) is 0 Å². The number of carbonyl (C=O) groups is 1. The fraction of sp³-hybridized carbons (Fsp3) is 0.682. The Morgan fingerprint density at radius 3 is 2.38 bits per heavy atom. The van der Waals surface area contributed by atoms with Crippen LogP contribution in [0.3, 0.4) is 0 Å². The number of piperidine rings is 2. The highest BCUT2D eigenvalue weighted by Gasteiger charge is 2.42. The van der Waals surface area contributed by atoms with E-state index in [-0.39, 0.29) is 0 Å². The number of benzene rings is 1. The maximum atomic E-state index is 12.3. The van der Waals surface area contributed by atoms with E-state index in [4.69, 9.17) is 5.73 Å². The Kier molecular flexibility index (Phi) is 5.32. The zero-order chi connectivity index (χ0) is 18.0. The number of likely N-dealkylation sites (tertiary alicyclic amines) is 2. The van der Waals surface area contributed by atoms with Crippen LogP contribution in [0.25, 0.3) is 0 Å². The van der Waals surface area contributed by atoms with Gasteiger partial charge in [0.15, 0.2) is 0 Å². The van der Waals surface area contributed by atoms with Gasteiger partial charge in [-0.2, -0.15) is 0 Å². The van der Waals surface area contributed by atoms with Crippen LogP contribution in [0.1, 0.15) is 49.7 Å². The molecule has 0 atom stereocenters. The van der Waals surface area contributed by atoms with Gasteiger partial charge in [-0.05, 0) is 80.6 Å². The van der Waals surface area contributed by atoms with E-state index < -0.39 is 0 Å². The zero-order valence-electron chi connectivity index (χ0n) is 16.0. The Labute approximate surface area is 157 Å². The van der Waals surface area contributed by atoms with Crippen molar-refractivity contribution in [1.82, 2.24) is 9.80 Å². The van der Waals surface area contributed by atoms with Crippen LogP contribution in [0.15, 0.2) is 24.3 Å². The van der Waals surface area contributed by atoms with Crippen molar-refractivity contribution in [3.05, 3.63) is 35.4 Å². The topological polar surface area (TPSA) is 49.6 Å². The van der Waals surface area contributed by atoms with E-state index in [0.29, 0.717) is 17.9 Å². The van der Waals surface area contributed by atoms with Gasteiger partial charge in [0, 0.05) is 26.1 Å². The van der Waals surface area contributed by atoms with Crippen LogP contribution in [0.2, 0.25) is 0 Å². The smallest absolute Gasteiger partial charge is 0.222 e. The summed E-state index contributed by atoms with van der Waals surface area (Å²) >= 11 is 0. The maximum absolute atomic E-state index is 12.3. The molecule has 2 saturated heterocycles. The minimum absolute atomic E-state index is 0.393. The average Bonchev–Trinajstić information content (AvgIpc) is 3.47. The molecule has 0 unspecified atom stereocenters. The number of nitrogens with two attached hydrogens (primary N) is 1. The molecule has 0 radical (unpaired) electrons. The largest absolute Gasteiger partial charge is 0.342 e. The molecule has 2 N–H and O–H groups in total. The van der Waals surface area contributed by atoms with E-state index >= 15 is 0 Å². The lowest BCUT2D eigenvalue weighted by Gasteiger charge is -2.47. The molecule has 1 amide bonds. The van der Waals surface area contributed by atoms with Gasteiger partial charge < -0.3 is 10.6 Å². The monoisotopic (exact) mass is 355 g/mol. The third-order valence-electron chi connectivity index (χ3n) is 6.70. The van der Waals surface area contributed by atoms with E-state index in [9.17, 15) is 4.79 Å². The van der Waals surface area contributed by atoms with Crippen molar-refractivity contribution >= 4 is 5.91 Å². The first kappa shape index (κ1) is 18.0. The van der Waals surface area contributed by atoms with Gasteiger partial charge in [0.05, 0.1) is 0 Å². The third-order valence-corrected chi connectivity index (χ3v) is 6.70. The fourth-order valence-corrected chi connectivity index (χ4v) is 4.71. The van der Waals surface area contributed by atoms with E-state index in [1.165, 1.54) is 36.8 Å². The minimum atomic E-state index is 0.393. The van der Waals surface area contributed by atoms with Gasteiger partial charge in [-0.25, -0.2) is 0 Å². The van der Waals surface area contributed by atoms with Crippen LogP contribution in [-0.2, 0) is 17.8 Å². The second kappa shape index (κ2) is 7.69. The van der Waals surface area contributed by atoms with Crippen molar-refractivity contribution in [2.24, 2.45) is 17.1 Å². The van der Waals surface area contributed by atoms with Gasteiger partial charge in [-0.1, -0.05) is 24.3 Å². The molecule has 26 heavy (non-hydrogen) atoms. The predicted molar refractivity (Wildman–Crippen MR) is 105 cm³/mol. The first-order valence-corrected chi connectivity index (χ1v) is 10.4. The lowest BCUT2D eigenvalue weighted by molar-refractivity contribution is -0.139. The van der Waals surface area contributed by atoms with E-state index in [2.05, 4.69) is 34.1 Å². The number of hydrogen-bond acceptors (Lipinski definition) is 3. The Morgan fingerprint density at radius 2 is 1.73 bits per heavy atom. The minimum Gasteiger partial charge on any atom is -0.342 e. The van der Waals surface area contributed by atoms with E-state index in [0.717, 1.165) is 57.9 Å². The second-order valence-corrected chi connectivity index (χ2v) is 8.85. The number of hydrogen-bond donors (Lipinski definition) is 1. The van der Waals surface area contributed by atoms with Crippen LogP contribution in [0, 0.1) is 11.3 Å². The summed E-state index contributed by atoms with van der Waals surface area (Å²) in [6.07, 6.45) is 7.98. The first-order valence-electron chi connectivity index (χ1n) is 10.4. The molecule has 4 nitrogen and oxygen atoms in total. The predicted octanol–water partition coefficient (Wildman–Crippen LogP) is 2.80. The highest BCUT2D eigenvalue weighted by Crippen LogP contribution is 2.42. The molecule has 1 saturated carbocycles. The lowest BCUT2D eigenvalue weighted by atomic mass is 9.72. The summed E-state index contributed by atoms with van der Waals surface area (Å²) in [6.45, 7) is 6.13. The second-order valence-electron chi connectivity index (χ2n) is 8.85. The Bertz CT molecular complexity index is 615. The summed E-state index contributed by atoms with van der Waals surface area (Å²) in [5, 5.41) is 0. The van der Waals surface area contributed by atoms with Crippen LogP contribution in [0.5, 0.6) is 0 Å². The molecule has 0 aromatic heterocycles. The standard InChI is InChI=1S/C22H33N3O/c23-12-8-18-1-3-19(4-2-18)15-24-13-10-22(11-14-24)9-7-21(26)25(17-22)16-20-5-6-20/h1-4,20H,5-17,23H2. The molecular formula is C22H33N3O. The van der Waals surface area contributed by atoms with Gasteiger partial charge in [-0.15, -0.1) is 0 Å². The SMILES string of the molecule is NCCc1ccc(CN2CCC3(CCC(=O)N(CC4CC4)C3)CC2)cc1. The molecule has 1 aromatic rings. The molecule has 1 aromatic carbocycles. The molecule has 2 heterocycles. The van der Waals surface area contributed by atoms with Crippen molar-refractivity contribution < 1.29 is 4.79 Å². The van der Waals surface area contributed by atoms with Crippen LogP contribution < -0.4 is 5.73 Å². The molecule has 3 fully saturated rings. The van der Waals surface area contributed by atoms with Crippen LogP contribution in [-0.4, -0.2) is 48.4 Å². The summed E-state index contributed by atoms with van der Waals surface area (Å²) in [5.41, 5.74) is 8.75. The van der Waals surface area contributed by atoms with Crippen molar-refractivity contribution in [2.45, 2.75) is 51.5 Å². The number of nitrogens with zero attached hydrogens (tertiary/aromatic N) is 2. The first-order chi connectivity index (χ1) is 12.7. The molecule has 2 aliphatic heterocycles. The fourth-order valence-electron chi connectivity index (χ4n) is 4.71. The Hall–Kier alpha value is -1.39. The number of amides is 1. The number of carbonyl (C=O) groups excluding carboxylic acids is 1. The Morgan fingerprint density at radius 1 is 1.04 bits per heavy atom. The lowest BCUT2D eigenvalue weighted by Crippen LogP contribution is -2.51. The normalized spacial score (nSPS) is 23.6. The third kappa shape index (κ3) is 4.29. The zero-order valence-corrected chi connectivity index (χ0v) is 16.0. The van der Waals surface area contributed by atoms with Gasteiger partial charge in [-0.3, -0.25) is 9.69 Å². The molecule has 142 valence electrons. The molecule has 4 heteroatoms. The van der Waals surface area contributed by atoms with E-state index in [1.54, 1.807) is 0 Å². The summed E-state index contributed by atoms with van der Waals surface area (Å²) in [5.74, 6) is 1.21. The van der Waals surface area contributed by atoms with Gasteiger partial charge >= 0.3 is 0 Å². The molecule has 1 spiro atoms. The van der Waals surface area contributed by atoms with E-state index in [1.807, 2.05) is 0 Å². The van der Waals surface area contributed by atoms with Crippen molar-refractivity contribution in [3.8, 4) is 0 Å². The molecular weight excluding hydrogens is 322 g/mol. The summed E-state index contributed by atoms with van der Waals surface area (Å²) in [6, 6.07) is 8.95. The summed E-state index contributed by atoms with van der Waals surface area (Å²) in [7, 11) is 0. The van der Waals surface area contributed by atoms with Crippen molar-refractivity contribution in [2.75, 3.05) is 32.7 Å². The maximum Gasteiger partial charge on any atom is 0.222 e. The summed E-state index contributed by atoms with van der Waals surface area (Å²) in [4.78, 5) is 17.1. The van der Waals surface area contributed by atoms with Crippen molar-refractivity contribution in [3.63, 3.8) is 0 Å². The number of rotatable bonds is 6. The average molecular weight is 356 g/mol. The molecule has 1 aliphatic carbocycles.